The number of hydrogen-bond donors (Lipinski definition) is 0. The van der Waals surface area contributed by atoms with Gasteiger partial charge in [0.1, 0.15) is 5.75 Å². The Bertz CT molecular complexity index is 656. The SMILES string of the molecule is Cc1ccc(Oc2c(C)cccc2[N+](=O)[O-])c(CBr)c1. The summed E-state index contributed by atoms with van der Waals surface area (Å²) in [4.78, 5) is 10.7. The van der Waals surface area contributed by atoms with Crippen LogP contribution in [0.25, 0.3) is 0 Å². The molecule has 0 unspecified atom stereocenters. The number of ether oxygens (including phenoxy) is 1. The van der Waals surface area contributed by atoms with Crippen molar-refractivity contribution in [2.24, 2.45) is 0 Å². The molecule has 2 aromatic carbocycles. The number of alkyl halides is 1. The number of nitro groups is 1. The van der Waals surface area contributed by atoms with Crippen LogP contribution in [0.1, 0.15) is 16.7 Å². The number of aryl methyl sites for hydroxylation is 2. The van der Waals surface area contributed by atoms with Crippen molar-refractivity contribution in [2.75, 3.05) is 0 Å². The Labute approximate surface area is 125 Å². The molecule has 104 valence electrons. The van der Waals surface area contributed by atoms with Crippen molar-refractivity contribution in [1.82, 2.24) is 0 Å². The third-order valence-corrected chi connectivity index (χ3v) is 3.56. The average molecular weight is 336 g/mol. The van der Waals surface area contributed by atoms with E-state index in [1.54, 1.807) is 19.1 Å². The Kier molecular flexibility index (Phi) is 4.39. The third kappa shape index (κ3) is 2.99. The van der Waals surface area contributed by atoms with E-state index in [0.717, 1.165) is 16.7 Å². The summed E-state index contributed by atoms with van der Waals surface area (Å²) in [6.07, 6.45) is 0. The molecule has 0 N–H and O–H groups in total. The molecule has 0 atom stereocenters. The summed E-state index contributed by atoms with van der Waals surface area (Å²) in [5, 5.41) is 11.7. The van der Waals surface area contributed by atoms with Gasteiger partial charge in [-0.15, -0.1) is 0 Å². The normalized spacial score (nSPS) is 10.3. The third-order valence-electron chi connectivity index (χ3n) is 2.96. The smallest absolute Gasteiger partial charge is 0.311 e. The second-order valence-electron chi connectivity index (χ2n) is 4.53. The summed E-state index contributed by atoms with van der Waals surface area (Å²) >= 11 is 3.41. The summed E-state index contributed by atoms with van der Waals surface area (Å²) in [5.41, 5.74) is 2.79. The number of rotatable bonds is 4. The zero-order valence-electron chi connectivity index (χ0n) is 11.2. The van der Waals surface area contributed by atoms with Crippen LogP contribution in [0.4, 0.5) is 5.69 Å². The van der Waals surface area contributed by atoms with Crippen molar-refractivity contribution in [1.29, 1.82) is 0 Å². The first-order valence-electron chi connectivity index (χ1n) is 6.10. The summed E-state index contributed by atoms with van der Waals surface area (Å²) in [6.45, 7) is 3.79. The molecule has 0 amide bonds. The van der Waals surface area contributed by atoms with Crippen LogP contribution >= 0.6 is 15.9 Å². The van der Waals surface area contributed by atoms with Gasteiger partial charge in [-0.25, -0.2) is 0 Å². The predicted molar refractivity (Wildman–Crippen MR) is 81.7 cm³/mol. The van der Waals surface area contributed by atoms with Gasteiger partial charge in [-0.05, 0) is 25.5 Å². The highest BCUT2D eigenvalue weighted by Crippen LogP contribution is 2.36. The van der Waals surface area contributed by atoms with Crippen molar-refractivity contribution in [3.05, 3.63) is 63.2 Å². The molecule has 0 radical (unpaired) electrons. The molecule has 4 nitrogen and oxygen atoms in total. The molecule has 0 aromatic heterocycles. The first kappa shape index (κ1) is 14.5. The van der Waals surface area contributed by atoms with Crippen LogP contribution < -0.4 is 4.74 Å². The fourth-order valence-electron chi connectivity index (χ4n) is 1.94. The van der Waals surface area contributed by atoms with E-state index in [1.807, 2.05) is 25.1 Å². The maximum absolute atomic E-state index is 11.1. The van der Waals surface area contributed by atoms with E-state index in [4.69, 9.17) is 4.74 Å². The molecule has 0 spiro atoms. The van der Waals surface area contributed by atoms with Crippen LogP contribution in [0.2, 0.25) is 0 Å². The molecule has 0 aliphatic heterocycles. The first-order chi connectivity index (χ1) is 9.52. The molecule has 0 aliphatic carbocycles. The minimum atomic E-state index is -0.426. The lowest BCUT2D eigenvalue weighted by Gasteiger charge is -2.12. The van der Waals surface area contributed by atoms with E-state index >= 15 is 0 Å². The molecule has 2 aromatic rings. The lowest BCUT2D eigenvalue weighted by molar-refractivity contribution is -0.385. The summed E-state index contributed by atoms with van der Waals surface area (Å²) < 4.78 is 5.81. The lowest BCUT2D eigenvalue weighted by Crippen LogP contribution is -1.97. The van der Waals surface area contributed by atoms with Crippen LogP contribution in [0.15, 0.2) is 36.4 Å². The minimum absolute atomic E-state index is 0.0221. The largest absolute Gasteiger partial charge is 0.450 e. The van der Waals surface area contributed by atoms with Crippen LogP contribution in [-0.4, -0.2) is 4.92 Å². The van der Waals surface area contributed by atoms with E-state index in [0.29, 0.717) is 16.8 Å². The maximum atomic E-state index is 11.1. The van der Waals surface area contributed by atoms with Gasteiger partial charge in [-0.3, -0.25) is 10.1 Å². The Morgan fingerprint density at radius 1 is 1.25 bits per heavy atom. The van der Waals surface area contributed by atoms with E-state index in [9.17, 15) is 10.1 Å². The molecule has 0 saturated carbocycles. The second kappa shape index (κ2) is 6.05. The quantitative estimate of drug-likeness (QED) is 0.453. The number of hydrogen-bond acceptors (Lipinski definition) is 3. The van der Waals surface area contributed by atoms with Gasteiger partial charge in [0.25, 0.3) is 0 Å². The molecule has 0 saturated heterocycles. The Hall–Kier alpha value is -1.88. The minimum Gasteiger partial charge on any atom is -0.450 e. The van der Waals surface area contributed by atoms with Gasteiger partial charge < -0.3 is 4.74 Å². The van der Waals surface area contributed by atoms with Gasteiger partial charge in [0.2, 0.25) is 5.75 Å². The zero-order chi connectivity index (χ0) is 14.7. The Balaban J connectivity index is 2.47. The van der Waals surface area contributed by atoms with E-state index < -0.39 is 4.92 Å². The molecule has 0 aliphatic rings. The number of nitro benzene ring substituents is 1. The number of para-hydroxylation sites is 1. The highest BCUT2D eigenvalue weighted by atomic mass is 79.9. The van der Waals surface area contributed by atoms with Crippen LogP contribution in [0, 0.1) is 24.0 Å². The van der Waals surface area contributed by atoms with Gasteiger partial charge in [0.05, 0.1) is 4.92 Å². The zero-order valence-corrected chi connectivity index (χ0v) is 12.8. The van der Waals surface area contributed by atoms with Crippen LogP contribution in [-0.2, 0) is 5.33 Å². The first-order valence-corrected chi connectivity index (χ1v) is 7.22. The van der Waals surface area contributed by atoms with Crippen molar-refractivity contribution in [2.45, 2.75) is 19.2 Å². The highest BCUT2D eigenvalue weighted by molar-refractivity contribution is 9.08. The van der Waals surface area contributed by atoms with Gasteiger partial charge in [0, 0.05) is 17.0 Å². The molecule has 2 rings (SSSR count). The summed E-state index contributed by atoms with van der Waals surface area (Å²) in [6, 6.07) is 10.7. The number of benzene rings is 2. The molecule has 0 fully saturated rings. The van der Waals surface area contributed by atoms with Gasteiger partial charge in [-0.2, -0.15) is 0 Å². The monoisotopic (exact) mass is 335 g/mol. The molecule has 0 bridgehead atoms. The van der Waals surface area contributed by atoms with Crippen molar-refractivity contribution >= 4 is 21.6 Å². The van der Waals surface area contributed by atoms with Gasteiger partial charge in [0.15, 0.2) is 0 Å². The van der Waals surface area contributed by atoms with Crippen LogP contribution in [0.3, 0.4) is 0 Å². The topological polar surface area (TPSA) is 52.4 Å². The molecular formula is C15H14BrNO3. The molecule has 20 heavy (non-hydrogen) atoms. The summed E-state index contributed by atoms with van der Waals surface area (Å²) in [7, 11) is 0. The standard InChI is InChI=1S/C15H14BrNO3/c1-10-6-7-14(12(8-10)9-16)20-15-11(2)4-3-5-13(15)17(18)19/h3-8H,9H2,1-2H3. The average Bonchev–Trinajstić information content (AvgIpc) is 2.42. The fraction of sp³-hybridized carbons (Fsp3) is 0.200. The highest BCUT2D eigenvalue weighted by Gasteiger charge is 2.18. The predicted octanol–water partition coefficient (Wildman–Crippen LogP) is 4.90. The van der Waals surface area contributed by atoms with E-state index in [1.165, 1.54) is 6.07 Å². The fourth-order valence-corrected chi connectivity index (χ4v) is 2.37. The maximum Gasteiger partial charge on any atom is 0.311 e. The number of nitrogens with zero attached hydrogens (tertiary/aromatic N) is 1. The van der Waals surface area contributed by atoms with Crippen LogP contribution in [0.5, 0.6) is 11.5 Å². The molecular weight excluding hydrogens is 322 g/mol. The van der Waals surface area contributed by atoms with Crippen molar-refractivity contribution in [3.63, 3.8) is 0 Å². The van der Waals surface area contributed by atoms with Crippen molar-refractivity contribution < 1.29 is 9.66 Å². The Morgan fingerprint density at radius 3 is 2.65 bits per heavy atom. The van der Waals surface area contributed by atoms with E-state index in [-0.39, 0.29) is 5.69 Å². The second-order valence-corrected chi connectivity index (χ2v) is 5.09. The lowest BCUT2D eigenvalue weighted by atomic mass is 10.1. The summed E-state index contributed by atoms with van der Waals surface area (Å²) in [5.74, 6) is 0.924. The van der Waals surface area contributed by atoms with Crippen molar-refractivity contribution in [3.8, 4) is 11.5 Å². The molecule has 0 heterocycles. The number of halogens is 1. The Morgan fingerprint density at radius 2 is 2.00 bits per heavy atom. The van der Waals surface area contributed by atoms with Gasteiger partial charge in [-0.1, -0.05) is 45.8 Å². The molecule has 5 heteroatoms. The van der Waals surface area contributed by atoms with Gasteiger partial charge >= 0.3 is 5.69 Å². The van der Waals surface area contributed by atoms with E-state index in [2.05, 4.69) is 15.9 Å².